The minimum Gasteiger partial charge on any atom is -0.468 e. The molecule has 2 saturated carbocycles. The zero-order valence-electron chi connectivity index (χ0n) is 19.8. The van der Waals surface area contributed by atoms with Crippen LogP contribution in [0.15, 0.2) is 65.3 Å². The van der Waals surface area contributed by atoms with Crippen molar-refractivity contribution in [1.29, 1.82) is 0 Å². The molecule has 2 aromatic carbocycles. The fourth-order valence-electron chi connectivity index (χ4n) is 5.48. The van der Waals surface area contributed by atoms with E-state index in [-0.39, 0.29) is 17.8 Å². The van der Waals surface area contributed by atoms with Crippen LogP contribution in [0.3, 0.4) is 0 Å². The van der Waals surface area contributed by atoms with Gasteiger partial charge >= 0.3 is 0 Å². The first-order valence-electron chi connectivity index (χ1n) is 11.9. The van der Waals surface area contributed by atoms with E-state index in [0.29, 0.717) is 23.6 Å². The maximum absolute atomic E-state index is 6.36. The van der Waals surface area contributed by atoms with Crippen LogP contribution in [0.5, 0.6) is 5.75 Å². The highest BCUT2D eigenvalue weighted by atomic mass is 79.9. The Balaban J connectivity index is 1.17. The first kappa shape index (κ1) is 23.1. The van der Waals surface area contributed by atoms with Gasteiger partial charge in [0.2, 0.25) is 5.95 Å². The van der Waals surface area contributed by atoms with Gasteiger partial charge in [-0.25, -0.2) is 4.98 Å². The summed E-state index contributed by atoms with van der Waals surface area (Å²) in [5.41, 5.74) is 2.06. The van der Waals surface area contributed by atoms with E-state index in [1.165, 1.54) is 12.8 Å². The Bertz CT molecular complexity index is 1140. The molecule has 0 aliphatic heterocycles. The second-order valence-electron chi connectivity index (χ2n) is 9.99. The lowest BCUT2D eigenvalue weighted by Gasteiger charge is -2.28. The third kappa shape index (κ3) is 4.51. The minimum absolute atomic E-state index is 0.0173. The maximum Gasteiger partial charge on any atom is 0.229 e. The van der Waals surface area contributed by atoms with Crippen molar-refractivity contribution in [3.8, 4) is 5.75 Å². The van der Waals surface area contributed by atoms with Crippen LogP contribution in [-0.2, 0) is 4.74 Å². The lowest BCUT2D eigenvalue weighted by Crippen LogP contribution is -2.29. The summed E-state index contributed by atoms with van der Waals surface area (Å²) < 4.78 is 13.1. The maximum atomic E-state index is 6.36. The van der Waals surface area contributed by atoms with Gasteiger partial charge < -0.3 is 20.1 Å². The van der Waals surface area contributed by atoms with Gasteiger partial charge in [0.1, 0.15) is 11.6 Å². The average molecular weight is 523 g/mol. The summed E-state index contributed by atoms with van der Waals surface area (Å²) >= 11 is 3.51. The van der Waals surface area contributed by atoms with Gasteiger partial charge in [-0.1, -0.05) is 45.4 Å². The van der Waals surface area contributed by atoms with E-state index in [1.807, 2.05) is 54.6 Å². The zero-order valence-corrected chi connectivity index (χ0v) is 21.4. The van der Waals surface area contributed by atoms with Gasteiger partial charge in [-0.05, 0) is 82.4 Å². The number of para-hydroxylation sites is 1. The second-order valence-corrected chi connectivity index (χ2v) is 10.8. The molecular weight excluding hydrogens is 492 g/mol. The molecule has 0 saturated heterocycles. The average Bonchev–Trinajstić information content (AvgIpc) is 3.31. The van der Waals surface area contributed by atoms with Gasteiger partial charge in [-0.15, -0.1) is 0 Å². The largest absolute Gasteiger partial charge is 0.468 e. The van der Waals surface area contributed by atoms with Gasteiger partial charge in [-0.3, -0.25) is 0 Å². The predicted octanol–water partition coefficient (Wildman–Crippen LogP) is 7.29. The van der Waals surface area contributed by atoms with Crippen molar-refractivity contribution in [2.24, 2.45) is 17.3 Å². The molecule has 0 amide bonds. The number of benzene rings is 2. The molecule has 3 atom stereocenters. The van der Waals surface area contributed by atoms with E-state index < -0.39 is 0 Å². The van der Waals surface area contributed by atoms with E-state index in [9.17, 15) is 0 Å². The molecule has 2 fully saturated rings. The molecule has 2 aliphatic carbocycles. The number of aromatic nitrogens is 2. The van der Waals surface area contributed by atoms with Gasteiger partial charge in [0.15, 0.2) is 6.79 Å². The Morgan fingerprint density at radius 3 is 2.50 bits per heavy atom. The topological polar surface area (TPSA) is 68.3 Å². The second kappa shape index (κ2) is 9.19. The molecule has 3 unspecified atom stereocenters. The number of rotatable bonds is 8. The van der Waals surface area contributed by atoms with Crippen LogP contribution >= 0.6 is 15.9 Å². The minimum atomic E-state index is -0.0173. The monoisotopic (exact) mass is 522 g/mol. The van der Waals surface area contributed by atoms with Crippen molar-refractivity contribution < 1.29 is 9.47 Å². The van der Waals surface area contributed by atoms with Crippen molar-refractivity contribution in [3.63, 3.8) is 0 Å². The first-order valence-corrected chi connectivity index (χ1v) is 12.7. The quantitative estimate of drug-likeness (QED) is 0.302. The molecule has 1 aromatic heterocycles. The highest BCUT2D eigenvalue weighted by Gasteiger charge is 2.73. The van der Waals surface area contributed by atoms with Crippen LogP contribution in [0.25, 0.3) is 0 Å². The zero-order chi connectivity index (χ0) is 23.8. The van der Waals surface area contributed by atoms with E-state index in [1.54, 1.807) is 6.20 Å². The van der Waals surface area contributed by atoms with Crippen molar-refractivity contribution >= 4 is 39.1 Å². The number of hydrogen-bond acceptors (Lipinski definition) is 6. The molecule has 0 bridgehead atoms. The van der Waals surface area contributed by atoms with Gasteiger partial charge in [-0.2, -0.15) is 4.98 Å². The Hall–Kier alpha value is -2.64. The first-order chi connectivity index (χ1) is 16.4. The predicted molar refractivity (Wildman–Crippen MR) is 139 cm³/mol. The molecule has 0 radical (unpaired) electrons. The molecule has 34 heavy (non-hydrogen) atoms. The molecular formula is C27H31BrN4O2. The molecule has 7 heteroatoms. The van der Waals surface area contributed by atoms with E-state index in [0.717, 1.165) is 28.0 Å². The van der Waals surface area contributed by atoms with Crippen molar-refractivity contribution in [2.75, 3.05) is 17.4 Å². The lowest BCUT2D eigenvalue weighted by atomic mass is 9.88. The number of nitrogens with zero attached hydrogens (tertiary/aromatic N) is 2. The van der Waals surface area contributed by atoms with Crippen LogP contribution in [0.1, 0.15) is 40.0 Å². The molecule has 1 heterocycles. The summed E-state index contributed by atoms with van der Waals surface area (Å²) in [6.45, 7) is 7.28. The van der Waals surface area contributed by atoms with Crippen LogP contribution in [-0.4, -0.2) is 22.4 Å². The third-order valence-corrected chi connectivity index (χ3v) is 8.05. The number of ether oxygens (including phenoxy) is 2. The molecule has 5 rings (SSSR count). The smallest absolute Gasteiger partial charge is 0.229 e. The molecule has 6 nitrogen and oxygen atoms in total. The number of fused-ring (bicyclic) bond motifs is 1. The summed E-state index contributed by atoms with van der Waals surface area (Å²) in [7, 11) is 0. The molecule has 3 aromatic rings. The number of nitrogens with one attached hydrogen (secondary N) is 2. The number of halogens is 1. The van der Waals surface area contributed by atoms with Gasteiger partial charge in [0.25, 0.3) is 0 Å². The van der Waals surface area contributed by atoms with Crippen molar-refractivity contribution in [1.82, 2.24) is 9.97 Å². The van der Waals surface area contributed by atoms with Crippen LogP contribution < -0.4 is 15.4 Å². The summed E-state index contributed by atoms with van der Waals surface area (Å²) in [6.07, 6.45) is 5.43. The van der Waals surface area contributed by atoms with Gasteiger partial charge in [0, 0.05) is 17.6 Å². The molecule has 2 N–H and O–H groups in total. The van der Waals surface area contributed by atoms with Gasteiger partial charge in [0.05, 0.1) is 10.1 Å². The van der Waals surface area contributed by atoms with Crippen molar-refractivity contribution in [2.45, 2.75) is 45.6 Å². The van der Waals surface area contributed by atoms with E-state index >= 15 is 0 Å². The summed E-state index contributed by atoms with van der Waals surface area (Å²) in [5, 5.41) is 6.55. The summed E-state index contributed by atoms with van der Waals surface area (Å²) in [4.78, 5) is 8.96. The Labute approximate surface area is 209 Å². The Morgan fingerprint density at radius 2 is 1.74 bits per heavy atom. The highest BCUT2D eigenvalue weighted by molar-refractivity contribution is 9.10. The highest BCUT2D eigenvalue weighted by Crippen LogP contribution is 2.70. The third-order valence-electron chi connectivity index (χ3n) is 7.47. The summed E-state index contributed by atoms with van der Waals surface area (Å²) in [6, 6.07) is 17.7. The van der Waals surface area contributed by atoms with Crippen molar-refractivity contribution in [3.05, 3.63) is 65.3 Å². The fraction of sp³-hybridized carbons (Fsp3) is 0.407. The van der Waals surface area contributed by atoms with Crippen LogP contribution in [0.4, 0.5) is 23.1 Å². The Kier molecular flexibility index (Phi) is 6.25. The lowest BCUT2D eigenvalue weighted by molar-refractivity contribution is -0.0883. The number of hydrogen-bond donors (Lipinski definition) is 2. The molecule has 178 valence electrons. The molecule has 2 aliphatic rings. The number of anilines is 4. The van der Waals surface area contributed by atoms with E-state index in [4.69, 9.17) is 9.47 Å². The van der Waals surface area contributed by atoms with Crippen LogP contribution in [0, 0.1) is 17.3 Å². The Morgan fingerprint density at radius 1 is 1.00 bits per heavy atom. The summed E-state index contributed by atoms with van der Waals surface area (Å²) in [5.74, 6) is 3.35. The fourth-order valence-corrected chi connectivity index (χ4v) is 5.77. The molecule has 0 spiro atoms. The normalized spacial score (nSPS) is 24.7. The standard InChI is InChI=1S/C27H31BrN4O2/c1-18-9-14-23-26(2,3)27(23,15-18)34-17-33-21-12-10-20(11-13-21)31-25-29-16-22(28)24(32-25)30-19-7-5-4-6-8-19/h4-8,10-13,16,18,23H,9,14-15,17H2,1-3H3,(H2,29,30,31,32). The van der Waals surface area contributed by atoms with E-state index in [2.05, 4.69) is 57.3 Å². The SMILES string of the molecule is CC1CCC2C(C)(C)C2(OCOc2ccc(Nc3ncc(Br)c(Nc4ccccc4)n3)cc2)C1. The van der Waals surface area contributed by atoms with Crippen LogP contribution in [0.2, 0.25) is 0 Å².